The summed E-state index contributed by atoms with van der Waals surface area (Å²) in [6.45, 7) is 13.2. The third-order valence-electron chi connectivity index (χ3n) is 5.03. The van der Waals surface area contributed by atoms with Gasteiger partial charge in [0, 0.05) is 6.07 Å². The molecule has 0 N–H and O–H groups in total. The second kappa shape index (κ2) is 6.08. The Morgan fingerprint density at radius 1 is 0.889 bits per heavy atom. The van der Waals surface area contributed by atoms with Crippen LogP contribution in [0.25, 0.3) is 0 Å². The molecule has 0 saturated carbocycles. The van der Waals surface area contributed by atoms with Crippen molar-refractivity contribution in [1.82, 2.24) is 10.2 Å². The minimum absolute atomic E-state index is 0.102. The molecule has 2 heterocycles. The summed E-state index contributed by atoms with van der Waals surface area (Å²) in [5.74, 6) is 2.28. The summed E-state index contributed by atoms with van der Waals surface area (Å²) in [7, 11) is 0. The van der Waals surface area contributed by atoms with Crippen molar-refractivity contribution in [1.29, 1.82) is 0 Å². The van der Waals surface area contributed by atoms with Crippen molar-refractivity contribution >= 4 is 17.2 Å². The van der Waals surface area contributed by atoms with Gasteiger partial charge in [0.25, 0.3) is 0 Å². The van der Waals surface area contributed by atoms with Gasteiger partial charge in [-0.3, -0.25) is 4.90 Å². The lowest BCUT2D eigenvalue weighted by molar-refractivity contribution is 0.471. The van der Waals surface area contributed by atoms with E-state index >= 15 is 0 Å². The third kappa shape index (κ3) is 2.95. The van der Waals surface area contributed by atoms with Gasteiger partial charge in [0.1, 0.15) is 0 Å². The predicted molar refractivity (Wildman–Crippen MR) is 110 cm³/mol. The Hall–Kier alpha value is -2.88. The summed E-state index contributed by atoms with van der Waals surface area (Å²) in [5.41, 5.74) is 7.18. The van der Waals surface area contributed by atoms with Crippen LogP contribution in [0.5, 0.6) is 11.5 Å². The molecule has 0 atom stereocenters. The van der Waals surface area contributed by atoms with E-state index in [9.17, 15) is 0 Å². The molecule has 4 rings (SSSR count). The summed E-state index contributed by atoms with van der Waals surface area (Å²) < 4.78 is 6.10. The van der Waals surface area contributed by atoms with Crippen molar-refractivity contribution in [2.75, 3.05) is 4.90 Å². The largest absolute Gasteiger partial charge is 0.451 e. The fourth-order valence-corrected chi connectivity index (χ4v) is 3.64. The van der Waals surface area contributed by atoms with Crippen molar-refractivity contribution < 1.29 is 4.74 Å². The molecular weight excluding hydrogens is 334 g/mol. The van der Waals surface area contributed by atoms with E-state index < -0.39 is 0 Å². The van der Waals surface area contributed by atoms with Crippen LogP contribution in [0, 0.1) is 20.8 Å². The quantitative estimate of drug-likeness (QED) is 0.401. The van der Waals surface area contributed by atoms with E-state index in [1.165, 1.54) is 22.3 Å². The van der Waals surface area contributed by atoms with Gasteiger partial charge in [0.2, 0.25) is 5.82 Å². The van der Waals surface area contributed by atoms with Crippen LogP contribution in [0.15, 0.2) is 42.6 Å². The highest BCUT2D eigenvalue weighted by Gasteiger charge is 2.30. The zero-order chi connectivity index (χ0) is 19.3. The molecule has 4 heteroatoms. The maximum absolute atomic E-state index is 6.10. The minimum Gasteiger partial charge on any atom is -0.451 e. The number of rotatable bonds is 1. The number of nitrogens with zero attached hydrogens (tertiary/aromatic N) is 3. The number of aryl methyl sites for hydroxylation is 3. The first-order valence-corrected chi connectivity index (χ1v) is 9.28. The molecule has 0 bridgehead atoms. The van der Waals surface area contributed by atoms with Crippen LogP contribution in [-0.2, 0) is 5.41 Å². The molecule has 1 aliphatic heterocycles. The van der Waals surface area contributed by atoms with Gasteiger partial charge in [-0.25, -0.2) is 0 Å². The first-order chi connectivity index (χ1) is 12.8. The smallest absolute Gasteiger partial charge is 0.203 e. The van der Waals surface area contributed by atoms with E-state index in [0.717, 1.165) is 28.7 Å². The van der Waals surface area contributed by atoms with Crippen molar-refractivity contribution in [3.05, 3.63) is 64.8 Å². The van der Waals surface area contributed by atoms with Gasteiger partial charge in [-0.05, 0) is 60.6 Å². The third-order valence-corrected chi connectivity index (χ3v) is 5.03. The van der Waals surface area contributed by atoms with Crippen LogP contribution in [0.3, 0.4) is 0 Å². The van der Waals surface area contributed by atoms with Gasteiger partial charge in [0.15, 0.2) is 11.5 Å². The first kappa shape index (κ1) is 17.5. The fourth-order valence-electron chi connectivity index (χ4n) is 3.64. The Morgan fingerprint density at radius 2 is 1.59 bits per heavy atom. The van der Waals surface area contributed by atoms with E-state index in [4.69, 9.17) is 4.74 Å². The average molecular weight is 359 g/mol. The first-order valence-electron chi connectivity index (χ1n) is 9.28. The zero-order valence-electron chi connectivity index (χ0n) is 16.8. The molecule has 27 heavy (non-hydrogen) atoms. The van der Waals surface area contributed by atoms with Crippen molar-refractivity contribution in [2.24, 2.45) is 0 Å². The summed E-state index contributed by atoms with van der Waals surface area (Å²) in [6.07, 6.45) is 1.67. The Kier molecular flexibility index (Phi) is 3.95. The second-order valence-corrected chi connectivity index (χ2v) is 8.34. The van der Waals surface area contributed by atoms with E-state index in [2.05, 4.69) is 80.9 Å². The lowest BCUT2D eigenvalue weighted by Crippen LogP contribution is -2.20. The molecule has 138 valence electrons. The van der Waals surface area contributed by atoms with Crippen LogP contribution in [0.4, 0.5) is 17.2 Å². The molecule has 0 spiro atoms. The lowest BCUT2D eigenvalue weighted by atomic mass is 9.84. The maximum Gasteiger partial charge on any atom is 0.203 e. The minimum atomic E-state index is 0.102. The zero-order valence-corrected chi connectivity index (χ0v) is 16.8. The van der Waals surface area contributed by atoms with Gasteiger partial charge in [-0.1, -0.05) is 39.0 Å². The second-order valence-electron chi connectivity index (χ2n) is 8.34. The summed E-state index contributed by atoms with van der Waals surface area (Å²) in [6, 6.07) is 12.7. The standard InChI is InChI=1S/C23H25N3O/c1-14-7-8-19-18(11-14)26(22-20(27-19)9-10-24-25-22)21-15(2)12-17(13-16(21)3)23(4,5)6/h7-13H,1-6H3. The molecule has 0 amide bonds. The number of benzene rings is 2. The number of ether oxygens (including phenoxy) is 1. The van der Waals surface area contributed by atoms with Crippen LogP contribution >= 0.6 is 0 Å². The lowest BCUT2D eigenvalue weighted by Gasteiger charge is -2.34. The number of fused-ring (bicyclic) bond motifs is 2. The summed E-state index contributed by atoms with van der Waals surface area (Å²) in [4.78, 5) is 2.19. The monoisotopic (exact) mass is 359 g/mol. The highest BCUT2D eigenvalue weighted by Crippen LogP contribution is 2.51. The van der Waals surface area contributed by atoms with Gasteiger partial charge in [0.05, 0.1) is 17.6 Å². The maximum atomic E-state index is 6.10. The van der Waals surface area contributed by atoms with E-state index in [1.807, 2.05) is 12.1 Å². The van der Waals surface area contributed by atoms with E-state index in [1.54, 1.807) is 6.20 Å². The Balaban J connectivity index is 1.99. The topological polar surface area (TPSA) is 38.2 Å². The molecule has 0 fully saturated rings. The summed E-state index contributed by atoms with van der Waals surface area (Å²) in [5, 5.41) is 8.52. The molecule has 2 aromatic carbocycles. The van der Waals surface area contributed by atoms with Gasteiger partial charge in [-0.2, -0.15) is 5.10 Å². The highest BCUT2D eigenvalue weighted by atomic mass is 16.5. The van der Waals surface area contributed by atoms with Gasteiger partial charge >= 0.3 is 0 Å². The molecule has 1 aromatic heterocycles. The molecule has 0 saturated heterocycles. The Morgan fingerprint density at radius 3 is 2.26 bits per heavy atom. The molecule has 0 radical (unpaired) electrons. The Labute approximate surface area is 160 Å². The number of anilines is 3. The molecule has 4 nitrogen and oxygen atoms in total. The number of aromatic nitrogens is 2. The van der Waals surface area contributed by atoms with Crippen molar-refractivity contribution in [2.45, 2.75) is 47.0 Å². The Bertz CT molecular complexity index is 1010. The van der Waals surface area contributed by atoms with Crippen LogP contribution in [0.1, 0.15) is 43.0 Å². The van der Waals surface area contributed by atoms with Gasteiger partial charge < -0.3 is 4.74 Å². The van der Waals surface area contributed by atoms with Crippen molar-refractivity contribution in [3.63, 3.8) is 0 Å². The van der Waals surface area contributed by atoms with Crippen LogP contribution < -0.4 is 9.64 Å². The molecular formula is C23H25N3O. The highest BCUT2D eigenvalue weighted by molar-refractivity contribution is 5.86. The molecule has 0 aliphatic carbocycles. The molecule has 0 unspecified atom stereocenters. The predicted octanol–water partition coefficient (Wildman–Crippen LogP) is 6.27. The molecule has 3 aromatic rings. The number of hydrogen-bond donors (Lipinski definition) is 0. The molecule has 1 aliphatic rings. The van der Waals surface area contributed by atoms with E-state index in [0.29, 0.717) is 0 Å². The van der Waals surface area contributed by atoms with Crippen LogP contribution in [-0.4, -0.2) is 10.2 Å². The normalized spacial score (nSPS) is 13.0. The van der Waals surface area contributed by atoms with Gasteiger partial charge in [-0.15, -0.1) is 5.10 Å². The van der Waals surface area contributed by atoms with Crippen LogP contribution in [0.2, 0.25) is 0 Å². The average Bonchev–Trinajstić information content (AvgIpc) is 2.60. The summed E-state index contributed by atoms with van der Waals surface area (Å²) >= 11 is 0. The van der Waals surface area contributed by atoms with E-state index in [-0.39, 0.29) is 5.41 Å². The van der Waals surface area contributed by atoms with Crippen molar-refractivity contribution in [3.8, 4) is 11.5 Å². The number of hydrogen-bond acceptors (Lipinski definition) is 4. The fraction of sp³-hybridized carbons (Fsp3) is 0.304. The SMILES string of the molecule is Cc1ccc2c(c1)N(c1c(C)cc(C(C)(C)C)cc1C)c1nnccc1O2.